The molecule has 0 aromatic heterocycles. The highest BCUT2D eigenvalue weighted by molar-refractivity contribution is 5.78. The second-order valence-electron chi connectivity index (χ2n) is 5.17. The van der Waals surface area contributed by atoms with E-state index in [-0.39, 0.29) is 18.6 Å². The van der Waals surface area contributed by atoms with Crippen molar-refractivity contribution < 1.29 is 14.3 Å². The second kappa shape index (κ2) is 7.29. The molecule has 0 spiro atoms. The highest BCUT2D eigenvalue weighted by atomic mass is 16.5. The third kappa shape index (κ3) is 3.97. The van der Waals surface area contributed by atoms with Gasteiger partial charge in [0.05, 0.1) is 6.10 Å². The number of carbonyl (C=O) groups excluding carboxylic acids is 1. The van der Waals surface area contributed by atoms with Crippen molar-refractivity contribution in [1.82, 2.24) is 4.90 Å². The predicted octanol–water partition coefficient (Wildman–Crippen LogP) is 2.27. The zero-order valence-electron chi connectivity index (χ0n) is 12.3. The molecule has 2 rings (SSSR count). The largest absolute Gasteiger partial charge is 0.484 e. The summed E-state index contributed by atoms with van der Waals surface area (Å²) < 4.78 is 10.8. The van der Waals surface area contributed by atoms with Gasteiger partial charge in [0.1, 0.15) is 5.75 Å². The number of nitrogens with zero attached hydrogens (tertiary/aromatic N) is 1. The lowest BCUT2D eigenvalue weighted by atomic mass is 10.1. The first-order chi connectivity index (χ1) is 9.72. The lowest BCUT2D eigenvalue weighted by Gasteiger charge is -2.16. The van der Waals surface area contributed by atoms with Gasteiger partial charge in [-0.15, -0.1) is 0 Å². The molecule has 0 saturated carbocycles. The van der Waals surface area contributed by atoms with Crippen LogP contribution in [-0.4, -0.2) is 43.7 Å². The molecular weight excluding hydrogens is 254 g/mol. The lowest BCUT2D eigenvalue weighted by molar-refractivity contribution is -0.132. The van der Waals surface area contributed by atoms with Crippen LogP contribution in [-0.2, 0) is 16.0 Å². The van der Waals surface area contributed by atoms with Gasteiger partial charge in [-0.3, -0.25) is 4.79 Å². The van der Waals surface area contributed by atoms with Crippen molar-refractivity contribution >= 4 is 5.91 Å². The van der Waals surface area contributed by atoms with Crippen LogP contribution >= 0.6 is 0 Å². The number of hydrogen-bond acceptors (Lipinski definition) is 3. The average Bonchev–Trinajstić information content (AvgIpc) is 2.95. The Bertz CT molecular complexity index is 430. The quantitative estimate of drug-likeness (QED) is 0.800. The maximum Gasteiger partial charge on any atom is 0.260 e. The molecule has 0 bridgehead atoms. The summed E-state index contributed by atoms with van der Waals surface area (Å²) >= 11 is 0. The van der Waals surface area contributed by atoms with Gasteiger partial charge in [0.2, 0.25) is 0 Å². The molecule has 1 aliphatic heterocycles. The van der Waals surface area contributed by atoms with Gasteiger partial charge >= 0.3 is 0 Å². The number of methoxy groups -OCH3 is 1. The smallest absolute Gasteiger partial charge is 0.260 e. The van der Waals surface area contributed by atoms with Crippen LogP contribution in [0.2, 0.25) is 0 Å². The van der Waals surface area contributed by atoms with Crippen LogP contribution in [0.15, 0.2) is 24.3 Å². The summed E-state index contributed by atoms with van der Waals surface area (Å²) in [4.78, 5) is 13.8. The van der Waals surface area contributed by atoms with E-state index >= 15 is 0 Å². The van der Waals surface area contributed by atoms with E-state index in [1.54, 1.807) is 12.0 Å². The summed E-state index contributed by atoms with van der Waals surface area (Å²) in [6.45, 7) is 3.69. The Labute approximate surface area is 120 Å². The summed E-state index contributed by atoms with van der Waals surface area (Å²) in [5.74, 6) is 0.780. The molecule has 1 heterocycles. The fourth-order valence-corrected chi connectivity index (χ4v) is 2.42. The molecule has 1 amide bonds. The van der Waals surface area contributed by atoms with Crippen LogP contribution in [0.5, 0.6) is 5.75 Å². The van der Waals surface area contributed by atoms with E-state index in [9.17, 15) is 4.79 Å². The van der Waals surface area contributed by atoms with E-state index in [1.807, 2.05) is 12.1 Å². The van der Waals surface area contributed by atoms with E-state index in [2.05, 4.69) is 19.1 Å². The third-order valence-electron chi connectivity index (χ3n) is 3.66. The number of ether oxygens (including phenoxy) is 2. The number of likely N-dealkylation sites (tertiary alicyclic amines) is 1. The standard InChI is InChI=1S/C16H23NO3/c1-3-4-13-5-7-14(8-6-13)20-12-16(18)17-10-9-15(11-17)19-2/h5-8,15H,3-4,9-12H2,1-2H3. The van der Waals surface area contributed by atoms with Gasteiger partial charge in [0.25, 0.3) is 5.91 Å². The topological polar surface area (TPSA) is 38.8 Å². The van der Waals surface area contributed by atoms with E-state index < -0.39 is 0 Å². The molecule has 20 heavy (non-hydrogen) atoms. The number of aryl methyl sites for hydroxylation is 1. The van der Waals surface area contributed by atoms with Crippen molar-refractivity contribution in [3.05, 3.63) is 29.8 Å². The Morgan fingerprint density at radius 2 is 2.10 bits per heavy atom. The number of amides is 1. The molecule has 110 valence electrons. The van der Waals surface area contributed by atoms with Gasteiger partial charge in [-0.25, -0.2) is 0 Å². The highest BCUT2D eigenvalue weighted by Crippen LogP contribution is 2.15. The Morgan fingerprint density at radius 1 is 1.35 bits per heavy atom. The predicted molar refractivity (Wildman–Crippen MR) is 77.9 cm³/mol. The van der Waals surface area contributed by atoms with Gasteiger partial charge < -0.3 is 14.4 Å². The molecule has 1 atom stereocenters. The Balaban J connectivity index is 1.78. The van der Waals surface area contributed by atoms with Crippen molar-refractivity contribution in [3.8, 4) is 5.75 Å². The summed E-state index contributed by atoms with van der Waals surface area (Å²) in [6, 6.07) is 7.97. The highest BCUT2D eigenvalue weighted by Gasteiger charge is 2.25. The molecule has 1 saturated heterocycles. The summed E-state index contributed by atoms with van der Waals surface area (Å²) in [7, 11) is 1.69. The first-order valence-corrected chi connectivity index (χ1v) is 7.25. The fourth-order valence-electron chi connectivity index (χ4n) is 2.42. The van der Waals surface area contributed by atoms with Crippen molar-refractivity contribution in [2.24, 2.45) is 0 Å². The summed E-state index contributed by atoms with van der Waals surface area (Å²) in [6.07, 6.45) is 3.29. The van der Waals surface area contributed by atoms with Crippen molar-refractivity contribution in [2.45, 2.75) is 32.3 Å². The van der Waals surface area contributed by atoms with Crippen molar-refractivity contribution in [1.29, 1.82) is 0 Å². The van der Waals surface area contributed by atoms with Crippen LogP contribution in [0.4, 0.5) is 0 Å². The van der Waals surface area contributed by atoms with Crippen LogP contribution < -0.4 is 4.74 Å². The van der Waals surface area contributed by atoms with Gasteiger partial charge in [0, 0.05) is 20.2 Å². The second-order valence-corrected chi connectivity index (χ2v) is 5.17. The first kappa shape index (κ1) is 14.9. The maximum absolute atomic E-state index is 12.0. The average molecular weight is 277 g/mol. The molecule has 1 aromatic rings. The minimum atomic E-state index is 0.0298. The molecule has 1 fully saturated rings. The molecule has 1 unspecified atom stereocenters. The van der Waals surface area contributed by atoms with E-state index in [4.69, 9.17) is 9.47 Å². The summed E-state index contributed by atoms with van der Waals surface area (Å²) in [5, 5.41) is 0. The fraction of sp³-hybridized carbons (Fsp3) is 0.562. The van der Waals surface area contributed by atoms with Gasteiger partial charge in [-0.05, 0) is 30.5 Å². The minimum Gasteiger partial charge on any atom is -0.484 e. The van der Waals surface area contributed by atoms with Crippen molar-refractivity contribution in [2.75, 3.05) is 26.8 Å². The zero-order valence-corrected chi connectivity index (χ0v) is 12.3. The van der Waals surface area contributed by atoms with Gasteiger partial charge in [-0.2, -0.15) is 0 Å². The van der Waals surface area contributed by atoms with E-state index in [1.165, 1.54) is 5.56 Å². The maximum atomic E-state index is 12.0. The normalized spacial score (nSPS) is 18.3. The molecule has 1 aromatic carbocycles. The van der Waals surface area contributed by atoms with Crippen LogP contribution in [0.25, 0.3) is 0 Å². The monoisotopic (exact) mass is 277 g/mol. The van der Waals surface area contributed by atoms with Gasteiger partial charge in [0.15, 0.2) is 6.61 Å². The first-order valence-electron chi connectivity index (χ1n) is 7.25. The van der Waals surface area contributed by atoms with Gasteiger partial charge in [-0.1, -0.05) is 25.5 Å². The van der Waals surface area contributed by atoms with Crippen molar-refractivity contribution in [3.63, 3.8) is 0 Å². The molecule has 1 aliphatic rings. The number of rotatable bonds is 6. The van der Waals surface area contributed by atoms with Crippen LogP contribution in [0.3, 0.4) is 0 Å². The molecule has 0 aliphatic carbocycles. The molecule has 0 N–H and O–H groups in total. The lowest BCUT2D eigenvalue weighted by Crippen LogP contribution is -2.33. The van der Waals surface area contributed by atoms with Crippen LogP contribution in [0, 0.1) is 0 Å². The minimum absolute atomic E-state index is 0.0298. The van der Waals surface area contributed by atoms with Crippen LogP contribution in [0.1, 0.15) is 25.3 Å². The molecule has 4 nitrogen and oxygen atoms in total. The number of carbonyl (C=O) groups is 1. The number of hydrogen-bond donors (Lipinski definition) is 0. The number of benzene rings is 1. The summed E-state index contributed by atoms with van der Waals surface area (Å²) in [5.41, 5.74) is 1.30. The Hall–Kier alpha value is -1.55. The SMILES string of the molecule is CCCc1ccc(OCC(=O)N2CCC(OC)C2)cc1. The van der Waals surface area contributed by atoms with E-state index in [0.29, 0.717) is 6.54 Å². The zero-order chi connectivity index (χ0) is 14.4. The Morgan fingerprint density at radius 3 is 2.70 bits per heavy atom. The molecule has 4 heteroatoms. The Kier molecular flexibility index (Phi) is 5.41. The molecule has 0 radical (unpaired) electrons. The van der Waals surface area contributed by atoms with E-state index in [0.717, 1.165) is 31.6 Å². The molecular formula is C16H23NO3. The third-order valence-corrected chi connectivity index (χ3v) is 3.66.